The maximum atomic E-state index is 13.6. The second kappa shape index (κ2) is 11.8. The number of rotatable bonds is 6. The van der Waals surface area contributed by atoms with Crippen molar-refractivity contribution in [2.45, 2.75) is 39.7 Å². The molecule has 0 amide bonds. The highest BCUT2D eigenvalue weighted by molar-refractivity contribution is 14.0. The Hall–Kier alpha value is -1.09. The van der Waals surface area contributed by atoms with E-state index < -0.39 is 0 Å². The van der Waals surface area contributed by atoms with Gasteiger partial charge in [-0.05, 0) is 30.4 Å². The van der Waals surface area contributed by atoms with Gasteiger partial charge in [0.05, 0.1) is 12.6 Å². The Morgan fingerprint density at radius 2 is 2.07 bits per heavy atom. The summed E-state index contributed by atoms with van der Waals surface area (Å²) < 4.78 is 25.2. The molecule has 1 aliphatic heterocycles. The van der Waals surface area contributed by atoms with Crippen molar-refractivity contribution >= 4 is 29.9 Å². The number of ether oxygens (including phenoxy) is 2. The fourth-order valence-corrected chi connectivity index (χ4v) is 3.58. The third-order valence-corrected chi connectivity index (χ3v) is 4.92. The summed E-state index contributed by atoms with van der Waals surface area (Å²) in [6.45, 7) is 9.37. The standard InChI is InChI=1S/C21H34FN3O2.HI/c1-21(2,3)19-16(9-8-13-27-19)15-24-20(23-4)25(5)12-14-26-18-11-7-6-10-17(18)22;/h6-7,10-11,16,19H,8-9,12-15H2,1-5H3,(H,23,24);1H. The summed E-state index contributed by atoms with van der Waals surface area (Å²) in [5.41, 5.74) is 0.121. The van der Waals surface area contributed by atoms with Crippen LogP contribution in [-0.2, 0) is 4.74 Å². The highest BCUT2D eigenvalue weighted by Gasteiger charge is 2.35. The van der Waals surface area contributed by atoms with Gasteiger partial charge in [-0.1, -0.05) is 32.9 Å². The van der Waals surface area contributed by atoms with Gasteiger partial charge in [0.1, 0.15) is 6.61 Å². The van der Waals surface area contributed by atoms with Crippen LogP contribution in [0.2, 0.25) is 0 Å². The van der Waals surface area contributed by atoms with Crippen molar-refractivity contribution in [2.75, 3.05) is 40.4 Å². The minimum absolute atomic E-state index is 0. The van der Waals surface area contributed by atoms with Crippen LogP contribution in [0.15, 0.2) is 29.3 Å². The lowest BCUT2D eigenvalue weighted by atomic mass is 9.78. The van der Waals surface area contributed by atoms with E-state index in [9.17, 15) is 4.39 Å². The largest absolute Gasteiger partial charge is 0.489 e. The summed E-state index contributed by atoms with van der Waals surface area (Å²) >= 11 is 0. The van der Waals surface area contributed by atoms with Crippen LogP contribution in [0.1, 0.15) is 33.6 Å². The van der Waals surface area contributed by atoms with E-state index in [1.54, 1.807) is 25.2 Å². The summed E-state index contributed by atoms with van der Waals surface area (Å²) in [6.07, 6.45) is 2.50. The summed E-state index contributed by atoms with van der Waals surface area (Å²) in [5, 5.41) is 3.47. The zero-order valence-corrected chi connectivity index (χ0v) is 20.0. The molecule has 7 heteroatoms. The second-order valence-corrected chi connectivity index (χ2v) is 8.19. The summed E-state index contributed by atoms with van der Waals surface area (Å²) in [6, 6.07) is 6.45. The molecule has 1 aromatic rings. The molecule has 0 bridgehead atoms. The number of likely N-dealkylation sites (N-methyl/N-ethyl adjacent to an activating group) is 1. The van der Waals surface area contributed by atoms with Crippen molar-refractivity contribution in [3.05, 3.63) is 30.1 Å². The fraction of sp³-hybridized carbons (Fsp3) is 0.667. The smallest absolute Gasteiger partial charge is 0.193 e. The molecular formula is C21H35FIN3O2. The third-order valence-electron chi connectivity index (χ3n) is 4.92. The van der Waals surface area contributed by atoms with Crippen molar-refractivity contribution < 1.29 is 13.9 Å². The Kier molecular flexibility index (Phi) is 10.5. The topological polar surface area (TPSA) is 46.1 Å². The van der Waals surface area contributed by atoms with E-state index in [1.807, 2.05) is 11.9 Å². The van der Waals surface area contributed by atoms with E-state index in [0.29, 0.717) is 19.1 Å². The Balaban J connectivity index is 0.00000392. The minimum atomic E-state index is -0.340. The predicted octanol–water partition coefficient (Wildman–Crippen LogP) is 4.17. The van der Waals surface area contributed by atoms with Gasteiger partial charge < -0.3 is 19.7 Å². The maximum absolute atomic E-state index is 13.6. The normalized spacial score (nSPS) is 20.3. The fourth-order valence-electron chi connectivity index (χ4n) is 3.58. The van der Waals surface area contributed by atoms with Crippen molar-refractivity contribution in [1.29, 1.82) is 0 Å². The number of nitrogens with one attached hydrogen (secondary N) is 1. The molecule has 160 valence electrons. The molecule has 0 aliphatic carbocycles. The van der Waals surface area contributed by atoms with Crippen molar-refractivity contribution in [1.82, 2.24) is 10.2 Å². The lowest BCUT2D eigenvalue weighted by molar-refractivity contribution is -0.0836. The molecule has 1 aliphatic rings. The molecule has 2 rings (SSSR count). The van der Waals surface area contributed by atoms with Gasteiger partial charge in [0.15, 0.2) is 17.5 Å². The first-order valence-electron chi connectivity index (χ1n) is 9.73. The molecule has 0 aromatic heterocycles. The van der Waals surface area contributed by atoms with Crippen molar-refractivity contribution in [2.24, 2.45) is 16.3 Å². The van der Waals surface area contributed by atoms with E-state index in [0.717, 1.165) is 32.0 Å². The van der Waals surface area contributed by atoms with Gasteiger partial charge in [0.2, 0.25) is 0 Å². The molecule has 1 saturated heterocycles. The number of nitrogens with zero attached hydrogens (tertiary/aromatic N) is 2. The van der Waals surface area contributed by atoms with Gasteiger partial charge >= 0.3 is 0 Å². The minimum Gasteiger partial charge on any atom is -0.489 e. The molecule has 1 aromatic carbocycles. The van der Waals surface area contributed by atoms with Crippen LogP contribution in [-0.4, -0.2) is 57.4 Å². The van der Waals surface area contributed by atoms with E-state index in [4.69, 9.17) is 9.47 Å². The van der Waals surface area contributed by atoms with Crippen molar-refractivity contribution in [3.63, 3.8) is 0 Å². The van der Waals surface area contributed by atoms with E-state index in [2.05, 4.69) is 31.1 Å². The van der Waals surface area contributed by atoms with Crippen LogP contribution >= 0.6 is 24.0 Å². The lowest BCUT2D eigenvalue weighted by Crippen LogP contribution is -2.48. The molecule has 2 atom stereocenters. The zero-order chi connectivity index (χ0) is 19.9. The van der Waals surface area contributed by atoms with E-state index >= 15 is 0 Å². The molecule has 1 N–H and O–H groups in total. The third kappa shape index (κ3) is 7.39. The number of hydrogen-bond acceptors (Lipinski definition) is 3. The van der Waals surface area contributed by atoms with Crippen LogP contribution in [0.5, 0.6) is 5.75 Å². The van der Waals surface area contributed by atoms with Gasteiger partial charge in [-0.25, -0.2) is 4.39 Å². The van der Waals surface area contributed by atoms with Crippen LogP contribution in [0.3, 0.4) is 0 Å². The molecule has 0 spiro atoms. The number of guanidine groups is 1. The first-order chi connectivity index (χ1) is 12.8. The lowest BCUT2D eigenvalue weighted by Gasteiger charge is -2.40. The molecular weight excluding hydrogens is 472 g/mol. The first-order valence-corrected chi connectivity index (χ1v) is 9.73. The van der Waals surface area contributed by atoms with Crippen LogP contribution in [0, 0.1) is 17.2 Å². The first kappa shape index (κ1) is 24.9. The highest BCUT2D eigenvalue weighted by Crippen LogP contribution is 2.33. The van der Waals surface area contributed by atoms with Crippen LogP contribution in [0.25, 0.3) is 0 Å². The number of benzene rings is 1. The van der Waals surface area contributed by atoms with Gasteiger partial charge in [0, 0.05) is 33.2 Å². The van der Waals surface area contributed by atoms with Gasteiger partial charge in [0.25, 0.3) is 0 Å². The van der Waals surface area contributed by atoms with Crippen LogP contribution in [0.4, 0.5) is 4.39 Å². The number of aliphatic imine (C=N–C) groups is 1. The van der Waals surface area contributed by atoms with Crippen molar-refractivity contribution in [3.8, 4) is 5.75 Å². The summed E-state index contributed by atoms with van der Waals surface area (Å²) in [7, 11) is 3.73. The van der Waals surface area contributed by atoms with Gasteiger partial charge in [-0.2, -0.15) is 0 Å². The van der Waals surface area contributed by atoms with Crippen LogP contribution < -0.4 is 10.1 Å². The highest BCUT2D eigenvalue weighted by atomic mass is 127. The quantitative estimate of drug-likeness (QED) is 0.357. The predicted molar refractivity (Wildman–Crippen MR) is 123 cm³/mol. The molecule has 1 fully saturated rings. The summed E-state index contributed by atoms with van der Waals surface area (Å²) in [4.78, 5) is 6.36. The Labute approximate surface area is 186 Å². The Bertz CT molecular complexity index is 622. The molecule has 28 heavy (non-hydrogen) atoms. The Morgan fingerprint density at radius 1 is 1.36 bits per heavy atom. The maximum Gasteiger partial charge on any atom is 0.193 e. The van der Waals surface area contributed by atoms with E-state index in [-0.39, 0.29) is 47.1 Å². The number of halogens is 2. The Morgan fingerprint density at radius 3 is 2.71 bits per heavy atom. The van der Waals surface area contributed by atoms with Gasteiger partial charge in [-0.15, -0.1) is 24.0 Å². The van der Waals surface area contributed by atoms with E-state index in [1.165, 1.54) is 6.07 Å². The number of para-hydroxylation sites is 1. The summed E-state index contributed by atoms with van der Waals surface area (Å²) in [5.74, 6) is 1.21. The number of hydrogen-bond donors (Lipinski definition) is 1. The molecule has 0 radical (unpaired) electrons. The average Bonchev–Trinajstić information content (AvgIpc) is 2.63. The molecule has 0 saturated carbocycles. The monoisotopic (exact) mass is 507 g/mol. The zero-order valence-electron chi connectivity index (χ0n) is 17.7. The molecule has 5 nitrogen and oxygen atoms in total. The second-order valence-electron chi connectivity index (χ2n) is 8.19. The molecule has 1 heterocycles. The van der Waals surface area contributed by atoms with Gasteiger partial charge in [-0.3, -0.25) is 4.99 Å². The molecule has 2 unspecified atom stereocenters. The SMILES string of the molecule is CN=C(NCC1CCCOC1C(C)(C)C)N(C)CCOc1ccccc1F.I. The average molecular weight is 507 g/mol.